The number of halogens is 1. The van der Waals surface area contributed by atoms with Crippen LogP contribution in [-0.2, 0) is 13.0 Å². The number of fused-ring (bicyclic) bond motifs is 1. The van der Waals surface area contributed by atoms with E-state index >= 15 is 0 Å². The third-order valence-electron chi connectivity index (χ3n) is 4.33. The molecule has 22 heavy (non-hydrogen) atoms. The summed E-state index contributed by atoms with van der Waals surface area (Å²) in [7, 11) is 0. The minimum absolute atomic E-state index is 0. The van der Waals surface area contributed by atoms with Gasteiger partial charge in [0.1, 0.15) is 0 Å². The lowest BCUT2D eigenvalue weighted by atomic mass is 9.78. The Hall–Kier alpha value is -1.71. The summed E-state index contributed by atoms with van der Waals surface area (Å²) in [5.74, 6) is 0.318. The number of hydrogen-bond donors (Lipinski definition) is 2. The summed E-state index contributed by atoms with van der Waals surface area (Å²) in [4.78, 5) is 4.68. The smallest absolute Gasteiger partial charge is 0.0505 e. The highest BCUT2D eigenvalue weighted by molar-refractivity contribution is 6.02. The van der Waals surface area contributed by atoms with Crippen LogP contribution < -0.4 is 5.73 Å². The Bertz CT molecular complexity index is 709. The number of aryl methyl sites for hydroxylation is 2. The zero-order chi connectivity index (χ0) is 15.0. The molecular formula is C18H22ClN3. The van der Waals surface area contributed by atoms with Crippen molar-refractivity contribution in [2.75, 3.05) is 0 Å². The molecule has 1 aliphatic carbocycles. The van der Waals surface area contributed by atoms with Crippen molar-refractivity contribution in [2.24, 2.45) is 5.73 Å². The SMILES string of the molecule is Cc1cc(C)c2c(n1)CC(c1ccccc1CN)CC2=N.Cl. The number of nitrogens with zero attached hydrogens (tertiary/aromatic N) is 1. The first-order valence-electron chi connectivity index (χ1n) is 7.43. The first kappa shape index (κ1) is 16.7. The van der Waals surface area contributed by atoms with Crippen LogP contribution in [0.2, 0.25) is 0 Å². The van der Waals surface area contributed by atoms with Crippen LogP contribution in [0.4, 0.5) is 0 Å². The summed E-state index contributed by atoms with van der Waals surface area (Å²) in [6.45, 7) is 4.65. The second kappa shape index (κ2) is 6.59. The average molecular weight is 316 g/mol. The van der Waals surface area contributed by atoms with E-state index in [0.29, 0.717) is 18.2 Å². The highest BCUT2D eigenvalue weighted by Gasteiger charge is 2.27. The summed E-state index contributed by atoms with van der Waals surface area (Å²) in [6.07, 6.45) is 1.67. The standard InChI is InChI=1S/C18H21N3.ClH/c1-11-7-12(2)21-17-9-14(8-16(20)18(11)17)15-6-4-3-5-13(15)10-19;/h3-7,14,20H,8-10,19H2,1-2H3;1H. The number of pyridine rings is 1. The van der Waals surface area contributed by atoms with Gasteiger partial charge in [0.2, 0.25) is 0 Å². The molecule has 1 aromatic carbocycles. The molecule has 0 saturated heterocycles. The summed E-state index contributed by atoms with van der Waals surface area (Å²) >= 11 is 0. The lowest BCUT2D eigenvalue weighted by Gasteiger charge is -2.28. The molecule has 3 rings (SSSR count). The Morgan fingerprint density at radius 2 is 1.95 bits per heavy atom. The van der Waals surface area contributed by atoms with E-state index in [-0.39, 0.29) is 12.4 Å². The van der Waals surface area contributed by atoms with Gasteiger partial charge >= 0.3 is 0 Å². The Kier molecular flexibility index (Phi) is 4.99. The third-order valence-corrected chi connectivity index (χ3v) is 4.33. The van der Waals surface area contributed by atoms with Crippen LogP contribution in [0.25, 0.3) is 0 Å². The number of nitrogens with one attached hydrogen (secondary N) is 1. The van der Waals surface area contributed by atoms with Crippen LogP contribution in [0.3, 0.4) is 0 Å². The second-order valence-electron chi connectivity index (χ2n) is 5.89. The van der Waals surface area contributed by atoms with Crippen LogP contribution in [0.1, 0.15) is 46.0 Å². The van der Waals surface area contributed by atoms with Gasteiger partial charge < -0.3 is 11.1 Å². The van der Waals surface area contributed by atoms with Crippen molar-refractivity contribution in [1.29, 1.82) is 5.41 Å². The maximum atomic E-state index is 8.42. The molecular weight excluding hydrogens is 294 g/mol. The monoisotopic (exact) mass is 315 g/mol. The van der Waals surface area contributed by atoms with Crippen LogP contribution in [0.15, 0.2) is 30.3 Å². The topological polar surface area (TPSA) is 62.8 Å². The van der Waals surface area contributed by atoms with Crippen molar-refractivity contribution in [1.82, 2.24) is 4.98 Å². The van der Waals surface area contributed by atoms with Crippen LogP contribution in [0, 0.1) is 19.3 Å². The molecule has 3 N–H and O–H groups in total. The molecule has 0 radical (unpaired) electrons. The van der Waals surface area contributed by atoms with Crippen LogP contribution >= 0.6 is 12.4 Å². The van der Waals surface area contributed by atoms with Crippen molar-refractivity contribution in [3.05, 3.63) is 64.0 Å². The van der Waals surface area contributed by atoms with E-state index < -0.39 is 0 Å². The molecule has 4 heteroatoms. The normalized spacial score (nSPS) is 16.9. The Morgan fingerprint density at radius 3 is 2.68 bits per heavy atom. The molecule has 0 aliphatic heterocycles. The van der Waals surface area contributed by atoms with Gasteiger partial charge in [-0.1, -0.05) is 24.3 Å². The Morgan fingerprint density at radius 1 is 1.23 bits per heavy atom. The number of hydrogen-bond acceptors (Lipinski definition) is 3. The molecule has 0 amide bonds. The summed E-state index contributed by atoms with van der Waals surface area (Å²) < 4.78 is 0. The van der Waals surface area contributed by atoms with Gasteiger partial charge in [-0.15, -0.1) is 12.4 Å². The fourth-order valence-electron chi connectivity index (χ4n) is 3.47. The molecule has 1 atom stereocenters. The van der Waals surface area contributed by atoms with Crippen molar-refractivity contribution in [3.63, 3.8) is 0 Å². The largest absolute Gasteiger partial charge is 0.326 e. The minimum Gasteiger partial charge on any atom is -0.326 e. The molecule has 3 nitrogen and oxygen atoms in total. The van der Waals surface area contributed by atoms with Gasteiger partial charge in [-0.05, 0) is 55.4 Å². The lowest BCUT2D eigenvalue weighted by molar-refractivity contribution is 0.667. The van der Waals surface area contributed by atoms with Gasteiger partial charge in [0.05, 0.1) is 5.69 Å². The predicted octanol–water partition coefficient (Wildman–Crippen LogP) is 3.68. The van der Waals surface area contributed by atoms with Gasteiger partial charge in [-0.25, -0.2) is 0 Å². The van der Waals surface area contributed by atoms with E-state index in [1.165, 1.54) is 16.7 Å². The maximum absolute atomic E-state index is 8.42. The molecule has 0 fully saturated rings. The molecule has 0 saturated carbocycles. The fourth-order valence-corrected chi connectivity index (χ4v) is 3.47. The molecule has 1 unspecified atom stereocenters. The first-order valence-corrected chi connectivity index (χ1v) is 7.43. The van der Waals surface area contributed by atoms with E-state index in [0.717, 1.165) is 29.8 Å². The fraction of sp³-hybridized carbons (Fsp3) is 0.333. The van der Waals surface area contributed by atoms with Crippen LogP contribution in [0.5, 0.6) is 0 Å². The highest BCUT2D eigenvalue weighted by Crippen LogP contribution is 2.34. The zero-order valence-electron chi connectivity index (χ0n) is 13.0. The van der Waals surface area contributed by atoms with E-state index in [9.17, 15) is 0 Å². The molecule has 1 aromatic heterocycles. The Balaban J connectivity index is 0.00000176. The van der Waals surface area contributed by atoms with E-state index in [2.05, 4.69) is 36.2 Å². The molecule has 116 valence electrons. The van der Waals surface area contributed by atoms with Crippen LogP contribution in [-0.4, -0.2) is 10.7 Å². The summed E-state index contributed by atoms with van der Waals surface area (Å²) in [6, 6.07) is 10.4. The van der Waals surface area contributed by atoms with Crippen molar-refractivity contribution in [2.45, 2.75) is 39.2 Å². The van der Waals surface area contributed by atoms with Gasteiger partial charge in [-0.2, -0.15) is 0 Å². The zero-order valence-corrected chi connectivity index (χ0v) is 13.8. The van der Waals surface area contributed by atoms with E-state index in [1.807, 2.05) is 13.0 Å². The van der Waals surface area contributed by atoms with Crippen molar-refractivity contribution < 1.29 is 0 Å². The highest BCUT2D eigenvalue weighted by atomic mass is 35.5. The minimum atomic E-state index is 0. The lowest BCUT2D eigenvalue weighted by Crippen LogP contribution is -2.23. The maximum Gasteiger partial charge on any atom is 0.0505 e. The third kappa shape index (κ3) is 2.92. The molecule has 1 heterocycles. The Labute approximate surface area is 137 Å². The van der Waals surface area contributed by atoms with Crippen molar-refractivity contribution in [3.8, 4) is 0 Å². The number of benzene rings is 1. The van der Waals surface area contributed by atoms with Gasteiger partial charge in [0, 0.05) is 23.5 Å². The predicted molar refractivity (Wildman–Crippen MR) is 93.2 cm³/mol. The quantitative estimate of drug-likeness (QED) is 0.888. The van der Waals surface area contributed by atoms with Crippen molar-refractivity contribution >= 4 is 18.1 Å². The molecule has 0 spiro atoms. The summed E-state index contributed by atoms with van der Waals surface area (Å²) in [5.41, 5.74) is 13.4. The van der Waals surface area contributed by atoms with E-state index in [4.69, 9.17) is 11.1 Å². The summed E-state index contributed by atoms with van der Waals surface area (Å²) in [5, 5.41) is 8.42. The molecule has 0 bridgehead atoms. The second-order valence-corrected chi connectivity index (χ2v) is 5.89. The molecule has 2 aromatic rings. The molecule has 1 aliphatic rings. The number of nitrogens with two attached hydrogens (primary N) is 1. The van der Waals surface area contributed by atoms with Gasteiger partial charge in [0.15, 0.2) is 0 Å². The average Bonchev–Trinajstić information content (AvgIpc) is 2.45. The number of rotatable bonds is 2. The van der Waals surface area contributed by atoms with Gasteiger partial charge in [0.25, 0.3) is 0 Å². The van der Waals surface area contributed by atoms with E-state index in [1.54, 1.807) is 0 Å². The first-order chi connectivity index (χ1) is 10.1. The number of aromatic nitrogens is 1. The van der Waals surface area contributed by atoms with Gasteiger partial charge in [-0.3, -0.25) is 4.98 Å².